The van der Waals surface area contributed by atoms with Gasteiger partial charge in [-0.2, -0.15) is 0 Å². The van der Waals surface area contributed by atoms with E-state index in [2.05, 4.69) is 6.58 Å². The van der Waals surface area contributed by atoms with Crippen LogP contribution in [0.15, 0.2) is 36.4 Å². The van der Waals surface area contributed by atoms with Crippen molar-refractivity contribution in [3.63, 3.8) is 0 Å². The van der Waals surface area contributed by atoms with Crippen LogP contribution in [0.3, 0.4) is 0 Å². The van der Waals surface area contributed by atoms with Gasteiger partial charge in [0.2, 0.25) is 0 Å². The Labute approximate surface area is 159 Å². The summed E-state index contributed by atoms with van der Waals surface area (Å²) >= 11 is 0. The highest BCUT2D eigenvalue weighted by Crippen LogP contribution is 2.54. The molecule has 0 aromatic heterocycles. The van der Waals surface area contributed by atoms with Gasteiger partial charge in [-0.3, -0.25) is 0 Å². The first-order chi connectivity index (χ1) is 12.7. The number of ether oxygens (including phenoxy) is 2. The SMILES string of the molecule is C=C(C)[C@H]1Cc2c(ccc(O)c2OC)-c2cc3c(c(O)c21)C=CC(C)(C)O3. The molecule has 1 atom stereocenters. The van der Waals surface area contributed by atoms with Crippen LogP contribution < -0.4 is 9.47 Å². The van der Waals surface area contributed by atoms with Crippen LogP contribution in [-0.4, -0.2) is 22.9 Å². The lowest BCUT2D eigenvalue weighted by Gasteiger charge is -2.34. The Hall–Kier alpha value is -2.88. The third-order valence-electron chi connectivity index (χ3n) is 5.45. The Balaban J connectivity index is 2.05. The summed E-state index contributed by atoms with van der Waals surface area (Å²) in [4.78, 5) is 0. The summed E-state index contributed by atoms with van der Waals surface area (Å²) in [7, 11) is 1.56. The van der Waals surface area contributed by atoms with Crippen LogP contribution in [-0.2, 0) is 6.42 Å². The molecule has 1 aliphatic carbocycles. The van der Waals surface area contributed by atoms with Gasteiger partial charge in [0.25, 0.3) is 0 Å². The quantitative estimate of drug-likeness (QED) is 0.722. The van der Waals surface area contributed by atoms with E-state index in [0.29, 0.717) is 23.5 Å². The van der Waals surface area contributed by atoms with E-state index in [1.807, 2.05) is 45.1 Å². The van der Waals surface area contributed by atoms with Gasteiger partial charge < -0.3 is 19.7 Å². The number of hydrogen-bond acceptors (Lipinski definition) is 4. The first-order valence-corrected chi connectivity index (χ1v) is 9.06. The highest BCUT2D eigenvalue weighted by molar-refractivity contribution is 5.85. The average molecular weight is 364 g/mol. The van der Waals surface area contributed by atoms with Crippen LogP contribution in [0.1, 0.15) is 43.4 Å². The maximum absolute atomic E-state index is 11.1. The number of phenols is 2. The lowest BCUT2D eigenvalue weighted by molar-refractivity contribution is 0.158. The van der Waals surface area contributed by atoms with Crippen LogP contribution in [0.2, 0.25) is 0 Å². The fraction of sp³-hybridized carbons (Fsp3) is 0.304. The molecule has 2 aromatic carbocycles. The lowest BCUT2D eigenvalue weighted by Crippen LogP contribution is -2.28. The molecule has 0 unspecified atom stereocenters. The topological polar surface area (TPSA) is 58.9 Å². The molecule has 0 fully saturated rings. The van der Waals surface area contributed by atoms with E-state index in [-0.39, 0.29) is 17.4 Å². The molecule has 0 saturated carbocycles. The molecule has 2 N–H and O–H groups in total. The lowest BCUT2D eigenvalue weighted by atomic mass is 9.74. The Morgan fingerprint density at radius 2 is 2.00 bits per heavy atom. The van der Waals surface area contributed by atoms with Crippen molar-refractivity contribution in [1.82, 2.24) is 0 Å². The second-order valence-electron chi connectivity index (χ2n) is 7.88. The number of hydrogen-bond donors (Lipinski definition) is 2. The third-order valence-corrected chi connectivity index (χ3v) is 5.45. The standard InChI is InChI=1S/C23H24O4/c1-12(2)15-10-17-13(6-7-18(24)22(17)26-5)16-11-19-14(21(25)20(15)16)8-9-23(3,4)27-19/h6-9,11,15,24-25H,1,10H2,2-5H3/t15-/m1/s1. The zero-order valence-corrected chi connectivity index (χ0v) is 16.1. The van der Waals surface area contributed by atoms with Crippen LogP contribution >= 0.6 is 0 Å². The summed E-state index contributed by atoms with van der Waals surface area (Å²) in [6.07, 6.45) is 4.49. The molecular weight excluding hydrogens is 340 g/mol. The van der Waals surface area contributed by atoms with Gasteiger partial charge in [-0.15, -0.1) is 0 Å². The minimum absolute atomic E-state index is 0.0724. The maximum atomic E-state index is 11.1. The molecule has 0 bridgehead atoms. The van der Waals surface area contributed by atoms with E-state index in [9.17, 15) is 10.2 Å². The molecule has 1 aliphatic heterocycles. The first-order valence-electron chi connectivity index (χ1n) is 9.06. The second-order valence-corrected chi connectivity index (χ2v) is 7.88. The summed E-state index contributed by atoms with van der Waals surface area (Å²) < 4.78 is 11.6. The molecule has 0 radical (unpaired) electrons. The van der Waals surface area contributed by atoms with Crippen molar-refractivity contribution in [2.75, 3.05) is 7.11 Å². The van der Waals surface area contributed by atoms with Crippen molar-refractivity contribution in [2.45, 2.75) is 38.7 Å². The number of benzene rings is 2. The Kier molecular flexibility index (Phi) is 3.77. The summed E-state index contributed by atoms with van der Waals surface area (Å²) in [5, 5.41) is 21.3. The van der Waals surface area contributed by atoms with E-state index in [4.69, 9.17) is 9.47 Å². The van der Waals surface area contributed by atoms with Crippen molar-refractivity contribution >= 4 is 6.08 Å². The molecule has 140 valence electrons. The van der Waals surface area contributed by atoms with E-state index >= 15 is 0 Å². The summed E-state index contributed by atoms with van der Waals surface area (Å²) in [6.45, 7) is 10.1. The highest BCUT2D eigenvalue weighted by Gasteiger charge is 2.35. The van der Waals surface area contributed by atoms with Crippen LogP contribution in [0, 0.1) is 0 Å². The summed E-state index contributed by atoms with van der Waals surface area (Å²) in [5.41, 5.74) is 4.82. The van der Waals surface area contributed by atoms with E-state index in [1.54, 1.807) is 13.2 Å². The van der Waals surface area contributed by atoms with Gasteiger partial charge >= 0.3 is 0 Å². The van der Waals surface area contributed by atoms with Crippen molar-refractivity contribution in [1.29, 1.82) is 0 Å². The zero-order valence-electron chi connectivity index (χ0n) is 16.1. The smallest absolute Gasteiger partial charge is 0.164 e. The van der Waals surface area contributed by atoms with Gasteiger partial charge in [0.1, 0.15) is 17.1 Å². The van der Waals surface area contributed by atoms with Crippen molar-refractivity contribution < 1.29 is 19.7 Å². The maximum Gasteiger partial charge on any atom is 0.164 e. The normalized spacial score (nSPS) is 18.7. The van der Waals surface area contributed by atoms with Gasteiger partial charge in [0.15, 0.2) is 11.5 Å². The molecule has 1 heterocycles. The van der Waals surface area contributed by atoms with E-state index in [0.717, 1.165) is 27.8 Å². The summed E-state index contributed by atoms with van der Waals surface area (Å²) in [5.74, 6) is 1.40. The molecule has 4 nitrogen and oxygen atoms in total. The molecule has 2 aromatic rings. The molecule has 27 heavy (non-hydrogen) atoms. The average Bonchev–Trinajstić information content (AvgIpc) is 2.59. The van der Waals surface area contributed by atoms with Crippen LogP contribution in [0.5, 0.6) is 23.0 Å². The Morgan fingerprint density at radius 3 is 2.67 bits per heavy atom. The van der Waals surface area contributed by atoms with Crippen molar-refractivity contribution in [3.05, 3.63) is 53.1 Å². The summed E-state index contributed by atoms with van der Waals surface area (Å²) in [6, 6.07) is 5.49. The van der Waals surface area contributed by atoms with Gasteiger partial charge in [0, 0.05) is 17.0 Å². The Bertz CT molecular complexity index is 998. The monoisotopic (exact) mass is 364 g/mol. The molecule has 0 saturated heterocycles. The van der Waals surface area contributed by atoms with Crippen molar-refractivity contribution in [3.8, 4) is 34.1 Å². The number of aromatic hydroxyl groups is 2. The minimum atomic E-state index is -0.439. The largest absolute Gasteiger partial charge is 0.507 e. The van der Waals surface area contributed by atoms with Crippen LogP contribution in [0.4, 0.5) is 0 Å². The zero-order chi connectivity index (χ0) is 19.5. The number of allylic oxidation sites excluding steroid dienone is 1. The molecular formula is C23H24O4. The number of fused-ring (bicyclic) bond motifs is 4. The van der Waals surface area contributed by atoms with Gasteiger partial charge in [-0.1, -0.05) is 18.2 Å². The van der Waals surface area contributed by atoms with Gasteiger partial charge in [-0.25, -0.2) is 0 Å². The number of rotatable bonds is 2. The van der Waals surface area contributed by atoms with Gasteiger partial charge in [-0.05, 0) is 62.6 Å². The fourth-order valence-corrected chi connectivity index (χ4v) is 4.12. The second kappa shape index (κ2) is 5.81. The van der Waals surface area contributed by atoms with Gasteiger partial charge in [0.05, 0.1) is 12.7 Å². The Morgan fingerprint density at radius 1 is 1.26 bits per heavy atom. The molecule has 0 spiro atoms. The minimum Gasteiger partial charge on any atom is -0.507 e. The predicted octanol–water partition coefficient (Wildman–Crippen LogP) is 5.17. The predicted molar refractivity (Wildman–Crippen MR) is 107 cm³/mol. The number of methoxy groups -OCH3 is 1. The molecule has 4 heteroatoms. The molecule has 0 amide bonds. The number of phenolic OH excluding ortho intramolecular Hbond substituents is 2. The van der Waals surface area contributed by atoms with E-state index < -0.39 is 5.60 Å². The highest BCUT2D eigenvalue weighted by atomic mass is 16.5. The molecule has 4 rings (SSSR count). The fourth-order valence-electron chi connectivity index (χ4n) is 4.12. The van der Waals surface area contributed by atoms with Crippen LogP contribution in [0.25, 0.3) is 17.2 Å². The van der Waals surface area contributed by atoms with E-state index in [1.165, 1.54) is 0 Å². The van der Waals surface area contributed by atoms with Crippen molar-refractivity contribution in [2.24, 2.45) is 0 Å². The molecule has 2 aliphatic rings. The third kappa shape index (κ3) is 2.59. The first kappa shape index (κ1) is 17.5.